The molecule has 0 aliphatic heterocycles. The second kappa shape index (κ2) is 24.1. The van der Waals surface area contributed by atoms with Gasteiger partial charge in [-0.1, -0.05) is 41.0 Å². The molecule has 7 N–H and O–H groups in total. The molecule has 0 bridgehead atoms. The van der Waals surface area contributed by atoms with Gasteiger partial charge in [0.05, 0.1) is 12.1 Å². The molecular formula is C36H58F2N6O8. The first kappa shape index (κ1) is 45.8. The van der Waals surface area contributed by atoms with Crippen molar-refractivity contribution in [3.63, 3.8) is 0 Å². The van der Waals surface area contributed by atoms with Crippen LogP contribution in [0, 0.1) is 17.6 Å². The summed E-state index contributed by atoms with van der Waals surface area (Å²) in [6.45, 7) is 12.8. The van der Waals surface area contributed by atoms with Gasteiger partial charge in [0.25, 0.3) is 5.91 Å². The highest BCUT2D eigenvalue weighted by Gasteiger charge is 2.31. The fraction of sp³-hybridized carbons (Fsp3) is 0.667. The number of hydrogen-bond donors (Lipinski definition) is 7. The van der Waals surface area contributed by atoms with E-state index >= 15 is 0 Å². The van der Waals surface area contributed by atoms with E-state index in [-0.39, 0.29) is 56.0 Å². The molecule has 0 aromatic heterocycles. The van der Waals surface area contributed by atoms with E-state index in [0.29, 0.717) is 25.8 Å². The summed E-state index contributed by atoms with van der Waals surface area (Å²) in [5.74, 6) is -5.66. The van der Waals surface area contributed by atoms with Crippen molar-refractivity contribution in [1.29, 1.82) is 0 Å². The summed E-state index contributed by atoms with van der Waals surface area (Å²) >= 11 is 0. The van der Waals surface area contributed by atoms with Crippen molar-refractivity contribution >= 4 is 35.5 Å². The summed E-state index contributed by atoms with van der Waals surface area (Å²) in [7, 11) is 0. The predicted molar refractivity (Wildman–Crippen MR) is 191 cm³/mol. The van der Waals surface area contributed by atoms with Gasteiger partial charge in [-0.3, -0.25) is 28.8 Å². The maximum atomic E-state index is 14.1. The van der Waals surface area contributed by atoms with Crippen LogP contribution in [-0.4, -0.2) is 90.2 Å². The first-order chi connectivity index (χ1) is 24.5. The van der Waals surface area contributed by atoms with E-state index in [1.807, 2.05) is 6.92 Å². The van der Waals surface area contributed by atoms with Gasteiger partial charge in [0.2, 0.25) is 29.9 Å². The Morgan fingerprint density at radius 1 is 0.769 bits per heavy atom. The second-order valence-electron chi connectivity index (χ2n) is 13.1. The Labute approximate surface area is 305 Å². The Morgan fingerprint density at radius 2 is 1.40 bits per heavy atom. The second-order valence-corrected chi connectivity index (χ2v) is 13.1. The molecule has 0 aliphatic carbocycles. The molecule has 0 saturated heterocycles. The molecule has 14 nitrogen and oxygen atoms in total. The zero-order chi connectivity index (χ0) is 39.4. The van der Waals surface area contributed by atoms with E-state index in [9.17, 15) is 37.5 Å². The molecule has 0 aliphatic rings. The van der Waals surface area contributed by atoms with E-state index < -0.39 is 77.7 Å². The zero-order valence-electron chi connectivity index (χ0n) is 31.4. The maximum Gasteiger partial charge on any atom is 0.303 e. The van der Waals surface area contributed by atoms with Crippen molar-refractivity contribution in [2.75, 3.05) is 13.1 Å². The molecule has 52 heavy (non-hydrogen) atoms. The minimum atomic E-state index is -1.47. The quantitative estimate of drug-likeness (QED) is 0.0735. The third-order valence-electron chi connectivity index (χ3n) is 8.16. The van der Waals surface area contributed by atoms with E-state index in [4.69, 9.17) is 9.84 Å². The van der Waals surface area contributed by atoms with Gasteiger partial charge in [-0.25, -0.2) is 8.78 Å². The number of likely N-dealkylation sites (N-methyl/N-ethyl adjacent to an activating group) is 1. The van der Waals surface area contributed by atoms with Crippen molar-refractivity contribution in [2.45, 2.75) is 136 Å². The van der Waals surface area contributed by atoms with Crippen molar-refractivity contribution in [3.05, 3.63) is 35.4 Å². The van der Waals surface area contributed by atoms with Crippen LogP contribution in [0.5, 0.6) is 0 Å². The van der Waals surface area contributed by atoms with Crippen LogP contribution >= 0.6 is 0 Å². The van der Waals surface area contributed by atoms with Gasteiger partial charge in [0.15, 0.2) is 0 Å². The van der Waals surface area contributed by atoms with Gasteiger partial charge < -0.3 is 41.7 Å². The van der Waals surface area contributed by atoms with Crippen LogP contribution in [0.15, 0.2) is 18.2 Å². The normalized spacial score (nSPS) is 14.7. The Kier molecular flexibility index (Phi) is 21.3. The minimum Gasteiger partial charge on any atom is -0.481 e. The van der Waals surface area contributed by atoms with E-state index in [0.717, 1.165) is 18.2 Å². The maximum absolute atomic E-state index is 14.1. The Hall–Kier alpha value is -4.18. The molecule has 1 aromatic rings. The third kappa shape index (κ3) is 17.4. The number of carboxylic acid groups (broad SMARTS) is 1. The number of aliphatic carboxylic acids is 1. The van der Waals surface area contributed by atoms with Crippen LogP contribution in [0.2, 0.25) is 0 Å². The molecule has 1 aromatic carbocycles. The Balaban J connectivity index is 3.23. The molecule has 0 saturated carbocycles. The molecule has 16 heteroatoms. The SMILES string of the molecule is CCC[C@H](NC(=O)[C@@H](NC(=O)CCCC(=O)O)O[C@@H](C)CC)C(=O)NC(CNC(CC)C(=O)N[C@H](C(=O)NCC)C(C)C)Cc1cc(F)cc(F)c1. The van der Waals surface area contributed by atoms with Crippen LogP contribution in [0.3, 0.4) is 0 Å². The van der Waals surface area contributed by atoms with Crippen LogP contribution in [0.4, 0.5) is 8.78 Å². The number of carbonyl (C=O) groups excluding carboxylic acids is 5. The number of benzene rings is 1. The number of ether oxygens (including phenoxy) is 1. The number of carboxylic acids is 1. The molecular weight excluding hydrogens is 682 g/mol. The van der Waals surface area contributed by atoms with Crippen molar-refractivity contribution in [2.24, 2.45) is 5.92 Å². The van der Waals surface area contributed by atoms with Gasteiger partial charge in [-0.15, -0.1) is 0 Å². The van der Waals surface area contributed by atoms with Gasteiger partial charge in [0, 0.05) is 38.0 Å². The zero-order valence-corrected chi connectivity index (χ0v) is 31.4. The lowest BCUT2D eigenvalue weighted by Crippen LogP contribution is -2.58. The monoisotopic (exact) mass is 740 g/mol. The van der Waals surface area contributed by atoms with Crippen LogP contribution in [-0.2, 0) is 39.9 Å². The molecule has 0 heterocycles. The summed E-state index contributed by atoms with van der Waals surface area (Å²) in [6, 6.07) is -0.511. The van der Waals surface area contributed by atoms with E-state index in [2.05, 4.69) is 31.9 Å². The number of hydrogen-bond acceptors (Lipinski definition) is 8. The summed E-state index contributed by atoms with van der Waals surface area (Å²) in [5, 5.41) is 25.4. The van der Waals surface area contributed by atoms with Gasteiger partial charge in [0.1, 0.15) is 23.7 Å². The fourth-order valence-corrected chi connectivity index (χ4v) is 5.18. The first-order valence-electron chi connectivity index (χ1n) is 18.1. The summed E-state index contributed by atoms with van der Waals surface area (Å²) in [4.78, 5) is 76.3. The fourth-order valence-electron chi connectivity index (χ4n) is 5.18. The van der Waals surface area contributed by atoms with Gasteiger partial charge in [-0.05, 0) is 69.6 Å². The van der Waals surface area contributed by atoms with Crippen molar-refractivity contribution < 1.29 is 47.4 Å². The lowest BCUT2D eigenvalue weighted by molar-refractivity contribution is -0.146. The first-order valence-corrected chi connectivity index (χ1v) is 18.1. The molecule has 2 unspecified atom stereocenters. The largest absolute Gasteiger partial charge is 0.481 e. The highest BCUT2D eigenvalue weighted by atomic mass is 19.1. The predicted octanol–water partition coefficient (Wildman–Crippen LogP) is 2.43. The van der Waals surface area contributed by atoms with Gasteiger partial charge in [-0.2, -0.15) is 0 Å². The third-order valence-corrected chi connectivity index (χ3v) is 8.16. The summed E-state index contributed by atoms with van der Waals surface area (Å²) in [5.41, 5.74) is 0.238. The van der Waals surface area contributed by atoms with Crippen LogP contribution < -0.4 is 31.9 Å². The topological polar surface area (TPSA) is 204 Å². The Morgan fingerprint density at radius 3 is 1.94 bits per heavy atom. The van der Waals surface area contributed by atoms with Crippen molar-refractivity contribution in [1.82, 2.24) is 31.9 Å². The molecule has 5 amide bonds. The molecule has 0 spiro atoms. The molecule has 0 radical (unpaired) electrons. The average Bonchev–Trinajstić information content (AvgIpc) is 3.05. The van der Waals surface area contributed by atoms with Crippen molar-refractivity contribution in [3.8, 4) is 0 Å². The number of carbonyl (C=O) groups is 6. The lowest BCUT2D eigenvalue weighted by Gasteiger charge is -2.28. The van der Waals surface area contributed by atoms with E-state index in [1.54, 1.807) is 41.5 Å². The van der Waals surface area contributed by atoms with Crippen LogP contribution in [0.25, 0.3) is 0 Å². The number of rotatable bonds is 25. The highest BCUT2D eigenvalue weighted by molar-refractivity contribution is 5.92. The number of amides is 5. The van der Waals surface area contributed by atoms with E-state index in [1.165, 1.54) is 0 Å². The summed E-state index contributed by atoms with van der Waals surface area (Å²) < 4.78 is 34.0. The number of nitrogens with one attached hydrogen (secondary N) is 6. The standard InChI is InChI=1S/C36H58F2N6O8/c1-8-13-28(42-35(51)36(52-22(7)9-2)43-29(45)14-12-15-30(46)47)33(49)41-26(18-23-16-24(37)19-25(38)17-23)20-40-27(10-3)32(48)44-31(21(5)6)34(50)39-11-4/h16-17,19,21-22,26-28,31,36,40H,8-15,18,20H2,1-7H3,(H,39,50)(H,41,49)(H,42,51)(H,43,45)(H,44,48)(H,46,47)/t22-,26?,27?,28-,31-,36-/m0/s1. The Bertz CT molecular complexity index is 1310. The van der Waals surface area contributed by atoms with Crippen LogP contribution in [0.1, 0.15) is 99.0 Å². The average molecular weight is 741 g/mol. The summed E-state index contributed by atoms with van der Waals surface area (Å²) in [6.07, 6.45) is -0.818. The molecule has 6 atom stereocenters. The molecule has 0 fully saturated rings. The number of halogens is 2. The molecule has 1 rings (SSSR count). The van der Waals surface area contributed by atoms with Gasteiger partial charge >= 0.3 is 5.97 Å². The smallest absolute Gasteiger partial charge is 0.303 e. The highest BCUT2D eigenvalue weighted by Crippen LogP contribution is 2.12. The lowest BCUT2D eigenvalue weighted by atomic mass is 10.0. The minimum absolute atomic E-state index is 0.0256. The molecule has 294 valence electrons.